The van der Waals surface area contributed by atoms with Crippen molar-refractivity contribution in [1.82, 2.24) is 4.90 Å². The van der Waals surface area contributed by atoms with E-state index in [4.69, 9.17) is 27.9 Å². The summed E-state index contributed by atoms with van der Waals surface area (Å²) >= 11 is 12.0. The Morgan fingerprint density at radius 2 is 1.78 bits per heavy atom. The van der Waals surface area contributed by atoms with Crippen molar-refractivity contribution >= 4 is 35.6 Å². The summed E-state index contributed by atoms with van der Waals surface area (Å²) in [7, 11) is 0. The molecule has 148 valence electrons. The first kappa shape index (κ1) is 22.3. The summed E-state index contributed by atoms with van der Waals surface area (Å²) in [6.45, 7) is 2.90. The van der Waals surface area contributed by atoms with Gasteiger partial charge in [-0.25, -0.2) is 0 Å². The highest BCUT2D eigenvalue weighted by Gasteiger charge is 2.21. The summed E-state index contributed by atoms with van der Waals surface area (Å²) in [5.74, 6) is 1.28. The molecule has 1 N–H and O–H groups in total. The molecule has 1 atom stereocenters. The van der Waals surface area contributed by atoms with E-state index >= 15 is 0 Å². The largest absolute Gasteiger partial charge is 0.489 e. The standard InChI is InChI=1S/C21H25Cl2NO2.ClH/c22-18-6-7-21(20(23)13-18)26-15-19(25)14-24-10-8-17(9-11-24)12-16-4-2-1-3-5-16;/h1-7,13,17,19,25H,8-12,14-15H2;1H. The highest BCUT2D eigenvalue weighted by Crippen LogP contribution is 2.27. The van der Waals surface area contributed by atoms with Crippen LogP contribution in [0.15, 0.2) is 48.5 Å². The second kappa shape index (κ2) is 11.1. The molecule has 0 bridgehead atoms. The first-order chi connectivity index (χ1) is 12.6. The third kappa shape index (κ3) is 7.17. The number of aliphatic hydroxyl groups is 1. The molecule has 6 heteroatoms. The fourth-order valence-corrected chi connectivity index (χ4v) is 3.91. The van der Waals surface area contributed by atoms with Gasteiger partial charge in [0.2, 0.25) is 0 Å². The second-order valence-corrected chi connectivity index (χ2v) is 7.82. The lowest BCUT2D eigenvalue weighted by Crippen LogP contribution is -2.41. The molecule has 1 saturated heterocycles. The van der Waals surface area contributed by atoms with Gasteiger partial charge in [0, 0.05) is 11.6 Å². The highest BCUT2D eigenvalue weighted by atomic mass is 35.5. The zero-order chi connectivity index (χ0) is 18.4. The summed E-state index contributed by atoms with van der Waals surface area (Å²) in [6.07, 6.45) is 2.96. The summed E-state index contributed by atoms with van der Waals surface area (Å²) in [5, 5.41) is 11.3. The van der Waals surface area contributed by atoms with Crippen LogP contribution in [0, 0.1) is 5.92 Å². The van der Waals surface area contributed by atoms with Gasteiger partial charge in [-0.2, -0.15) is 0 Å². The molecule has 1 aliphatic rings. The van der Waals surface area contributed by atoms with Crippen LogP contribution in [0.3, 0.4) is 0 Å². The van der Waals surface area contributed by atoms with Crippen LogP contribution >= 0.6 is 35.6 Å². The van der Waals surface area contributed by atoms with Crippen LogP contribution < -0.4 is 4.74 Å². The van der Waals surface area contributed by atoms with Gasteiger partial charge in [-0.1, -0.05) is 53.5 Å². The maximum Gasteiger partial charge on any atom is 0.138 e. The number of β-amino-alcohol motifs (C(OH)–C–C–N with tert-alkyl or cyclic N) is 1. The minimum atomic E-state index is -0.535. The highest BCUT2D eigenvalue weighted by molar-refractivity contribution is 6.35. The third-order valence-corrected chi connectivity index (χ3v) is 5.40. The topological polar surface area (TPSA) is 32.7 Å². The number of hydrogen-bond acceptors (Lipinski definition) is 3. The number of rotatable bonds is 7. The summed E-state index contributed by atoms with van der Waals surface area (Å²) in [4.78, 5) is 2.32. The van der Waals surface area contributed by atoms with Crippen LogP contribution in [0.4, 0.5) is 0 Å². The Hall–Kier alpha value is -0.970. The Balaban J connectivity index is 0.00000261. The minimum Gasteiger partial charge on any atom is -0.489 e. The molecule has 1 fully saturated rings. The molecule has 0 amide bonds. The molecule has 0 saturated carbocycles. The van der Waals surface area contributed by atoms with E-state index in [1.165, 1.54) is 18.4 Å². The van der Waals surface area contributed by atoms with E-state index in [9.17, 15) is 5.11 Å². The lowest BCUT2D eigenvalue weighted by molar-refractivity contribution is 0.0551. The first-order valence-corrected chi connectivity index (χ1v) is 9.88. The van der Waals surface area contributed by atoms with Gasteiger partial charge in [-0.05, 0) is 62.0 Å². The summed E-state index contributed by atoms with van der Waals surface area (Å²) < 4.78 is 5.63. The average molecular weight is 431 g/mol. The summed E-state index contributed by atoms with van der Waals surface area (Å²) in [5.41, 5.74) is 1.42. The van der Waals surface area contributed by atoms with E-state index in [1.54, 1.807) is 18.2 Å². The van der Waals surface area contributed by atoms with Crippen molar-refractivity contribution in [1.29, 1.82) is 0 Å². The molecule has 1 heterocycles. The number of likely N-dealkylation sites (tertiary alicyclic amines) is 1. The van der Waals surface area contributed by atoms with Gasteiger partial charge in [0.25, 0.3) is 0 Å². The number of aliphatic hydroxyl groups excluding tert-OH is 1. The van der Waals surface area contributed by atoms with Gasteiger partial charge >= 0.3 is 0 Å². The Morgan fingerprint density at radius 1 is 1.07 bits per heavy atom. The van der Waals surface area contributed by atoms with Crippen LogP contribution in [0.25, 0.3) is 0 Å². The number of nitrogens with zero attached hydrogens (tertiary/aromatic N) is 1. The van der Waals surface area contributed by atoms with Crippen LogP contribution in [-0.4, -0.2) is 42.4 Å². The molecule has 27 heavy (non-hydrogen) atoms. The van der Waals surface area contributed by atoms with Crippen LogP contribution in [-0.2, 0) is 6.42 Å². The third-order valence-electron chi connectivity index (χ3n) is 4.87. The smallest absolute Gasteiger partial charge is 0.138 e. The van der Waals surface area contributed by atoms with Crippen molar-refractivity contribution in [3.8, 4) is 5.75 Å². The molecule has 3 rings (SSSR count). The first-order valence-electron chi connectivity index (χ1n) is 9.12. The molecule has 1 aliphatic heterocycles. The number of benzene rings is 2. The molecular weight excluding hydrogens is 405 g/mol. The Labute approximate surface area is 177 Å². The van der Waals surface area contributed by atoms with Gasteiger partial charge in [0.15, 0.2) is 0 Å². The molecule has 0 aliphatic carbocycles. The zero-order valence-electron chi connectivity index (χ0n) is 15.2. The number of ether oxygens (including phenoxy) is 1. The molecule has 0 aromatic heterocycles. The van der Waals surface area contributed by atoms with E-state index < -0.39 is 6.10 Å². The Morgan fingerprint density at radius 3 is 2.44 bits per heavy atom. The Bertz CT molecular complexity index is 691. The molecule has 2 aromatic carbocycles. The van der Waals surface area contributed by atoms with E-state index in [-0.39, 0.29) is 19.0 Å². The zero-order valence-corrected chi connectivity index (χ0v) is 17.5. The SMILES string of the molecule is Cl.OC(COc1ccc(Cl)cc1Cl)CN1CCC(Cc2ccccc2)CC1. The van der Waals surface area contributed by atoms with Gasteiger partial charge in [0.1, 0.15) is 18.5 Å². The fourth-order valence-electron chi connectivity index (χ4n) is 3.45. The minimum absolute atomic E-state index is 0. The van der Waals surface area contributed by atoms with E-state index in [2.05, 4.69) is 35.2 Å². The van der Waals surface area contributed by atoms with Gasteiger partial charge in [-0.3, -0.25) is 0 Å². The van der Waals surface area contributed by atoms with Crippen molar-refractivity contribution in [3.63, 3.8) is 0 Å². The molecule has 0 radical (unpaired) electrons. The maximum atomic E-state index is 10.3. The van der Waals surface area contributed by atoms with Crippen LogP contribution in [0.5, 0.6) is 5.75 Å². The van der Waals surface area contributed by atoms with Gasteiger partial charge in [-0.15, -0.1) is 12.4 Å². The lowest BCUT2D eigenvalue weighted by Gasteiger charge is -2.33. The molecule has 1 unspecified atom stereocenters. The van der Waals surface area contributed by atoms with E-state index in [0.29, 0.717) is 22.3 Å². The van der Waals surface area contributed by atoms with Crippen molar-refractivity contribution in [2.24, 2.45) is 5.92 Å². The number of piperidine rings is 1. The summed E-state index contributed by atoms with van der Waals surface area (Å²) in [6, 6.07) is 15.8. The van der Waals surface area contributed by atoms with Gasteiger partial charge in [0.05, 0.1) is 5.02 Å². The Kier molecular flexibility index (Phi) is 9.20. The predicted octanol–water partition coefficient (Wildman–Crippen LogP) is 5.11. The van der Waals surface area contributed by atoms with Crippen molar-refractivity contribution in [3.05, 3.63) is 64.1 Å². The lowest BCUT2D eigenvalue weighted by atomic mass is 9.90. The van der Waals surface area contributed by atoms with E-state index in [0.717, 1.165) is 25.4 Å². The van der Waals surface area contributed by atoms with Crippen molar-refractivity contribution in [2.45, 2.75) is 25.4 Å². The maximum absolute atomic E-state index is 10.3. The molecular formula is C21H26Cl3NO2. The predicted molar refractivity (Wildman–Crippen MR) is 115 cm³/mol. The van der Waals surface area contributed by atoms with Gasteiger partial charge < -0.3 is 14.7 Å². The molecule has 3 nitrogen and oxygen atoms in total. The van der Waals surface area contributed by atoms with Crippen LogP contribution in [0.2, 0.25) is 10.0 Å². The quantitative estimate of drug-likeness (QED) is 0.662. The van der Waals surface area contributed by atoms with E-state index in [1.807, 2.05) is 0 Å². The second-order valence-electron chi connectivity index (χ2n) is 6.97. The van der Waals surface area contributed by atoms with Crippen molar-refractivity contribution in [2.75, 3.05) is 26.2 Å². The number of hydrogen-bond donors (Lipinski definition) is 1. The fraction of sp³-hybridized carbons (Fsp3) is 0.429. The normalized spacial score (nSPS) is 16.6. The number of halogens is 3. The molecule has 2 aromatic rings. The average Bonchev–Trinajstić information content (AvgIpc) is 2.63. The van der Waals surface area contributed by atoms with Crippen molar-refractivity contribution < 1.29 is 9.84 Å². The van der Waals surface area contributed by atoms with Crippen LogP contribution in [0.1, 0.15) is 18.4 Å². The monoisotopic (exact) mass is 429 g/mol. The molecule has 0 spiro atoms.